The van der Waals surface area contributed by atoms with Gasteiger partial charge in [-0.1, -0.05) is 6.92 Å². The number of rotatable bonds is 10. The Balaban J connectivity index is 3.29. The summed E-state index contributed by atoms with van der Waals surface area (Å²) >= 11 is 0. The maximum absolute atomic E-state index is 12.4. The van der Waals surface area contributed by atoms with Crippen molar-refractivity contribution in [2.45, 2.75) is 84.5 Å². The second-order valence-corrected chi connectivity index (χ2v) is 7.16. The average molecular weight is 459 g/mol. The SMILES string of the molecule is CCCC(=O)CC(=O)N[C@H]1[C@H](OC(C)=O)O[C@H](COC(C)=O)[C@@H](OC(C)=O)[C@@H]1OC(C)=O. The van der Waals surface area contributed by atoms with Crippen molar-refractivity contribution >= 4 is 35.6 Å². The lowest BCUT2D eigenvalue weighted by atomic mass is 9.95. The van der Waals surface area contributed by atoms with Crippen LogP contribution in [0.15, 0.2) is 0 Å². The molecule has 0 aromatic heterocycles. The van der Waals surface area contributed by atoms with Crippen molar-refractivity contribution < 1.29 is 52.5 Å². The van der Waals surface area contributed by atoms with Gasteiger partial charge in [0.25, 0.3) is 0 Å². The van der Waals surface area contributed by atoms with E-state index < -0.39 is 73.5 Å². The standard InChI is InChI=1S/C20H29NO11/c1-6-7-14(26)8-16(27)21-17-19(30-12(4)24)18(29-11(3)23)15(9-28-10(2)22)32-20(17)31-13(5)25/h15,17-20H,6-9H2,1-5H3,(H,21,27)/t15-,17-,18-,19-,20-/m1/s1. The molecule has 0 radical (unpaired) electrons. The van der Waals surface area contributed by atoms with Gasteiger partial charge in [0.1, 0.15) is 24.5 Å². The average Bonchev–Trinajstić information content (AvgIpc) is 2.63. The zero-order chi connectivity index (χ0) is 24.4. The van der Waals surface area contributed by atoms with E-state index in [1.165, 1.54) is 0 Å². The lowest BCUT2D eigenvalue weighted by molar-refractivity contribution is -0.271. The highest BCUT2D eigenvalue weighted by Crippen LogP contribution is 2.28. The largest absolute Gasteiger partial charge is 0.463 e. The summed E-state index contributed by atoms with van der Waals surface area (Å²) in [5.41, 5.74) is 0. The van der Waals surface area contributed by atoms with Gasteiger partial charge in [-0.15, -0.1) is 0 Å². The molecule has 0 bridgehead atoms. The van der Waals surface area contributed by atoms with Crippen LogP contribution in [-0.2, 0) is 52.5 Å². The molecule has 12 heteroatoms. The molecule has 1 fully saturated rings. The van der Waals surface area contributed by atoms with Crippen LogP contribution in [-0.4, -0.2) is 72.8 Å². The van der Waals surface area contributed by atoms with E-state index in [1.807, 2.05) is 0 Å². The zero-order valence-electron chi connectivity index (χ0n) is 18.7. The molecule has 1 heterocycles. The molecule has 1 saturated heterocycles. The van der Waals surface area contributed by atoms with Crippen LogP contribution in [0.3, 0.4) is 0 Å². The van der Waals surface area contributed by atoms with Crippen LogP contribution in [0.4, 0.5) is 0 Å². The molecule has 180 valence electrons. The van der Waals surface area contributed by atoms with E-state index in [2.05, 4.69) is 5.32 Å². The highest BCUT2D eigenvalue weighted by atomic mass is 16.7. The molecule has 12 nitrogen and oxygen atoms in total. The molecular formula is C20H29NO11. The molecule has 0 unspecified atom stereocenters. The van der Waals surface area contributed by atoms with Crippen molar-refractivity contribution in [1.82, 2.24) is 5.32 Å². The normalized spacial score (nSPS) is 24.6. The number of hydrogen-bond donors (Lipinski definition) is 1. The number of Topliss-reactive ketones (excluding diaryl/α,β-unsaturated/α-hetero) is 1. The molecule has 5 atom stereocenters. The summed E-state index contributed by atoms with van der Waals surface area (Å²) in [5, 5.41) is 2.47. The maximum Gasteiger partial charge on any atom is 0.305 e. The van der Waals surface area contributed by atoms with Gasteiger partial charge in [-0.05, 0) is 6.42 Å². The predicted octanol–water partition coefficient (Wildman–Crippen LogP) is -0.0550. The van der Waals surface area contributed by atoms with Crippen LogP contribution in [0, 0.1) is 0 Å². The van der Waals surface area contributed by atoms with Crippen LogP contribution in [0.1, 0.15) is 53.9 Å². The minimum atomic E-state index is -1.49. The molecule has 1 aliphatic heterocycles. The summed E-state index contributed by atoms with van der Waals surface area (Å²) < 4.78 is 26.2. The van der Waals surface area contributed by atoms with Crippen molar-refractivity contribution in [3.8, 4) is 0 Å². The van der Waals surface area contributed by atoms with E-state index in [9.17, 15) is 28.8 Å². The summed E-state index contributed by atoms with van der Waals surface area (Å²) in [4.78, 5) is 70.6. The van der Waals surface area contributed by atoms with Gasteiger partial charge < -0.3 is 29.0 Å². The number of ketones is 1. The Kier molecular flexibility index (Phi) is 10.8. The smallest absolute Gasteiger partial charge is 0.305 e. The second-order valence-electron chi connectivity index (χ2n) is 7.16. The quantitative estimate of drug-likeness (QED) is 0.265. The molecule has 0 aromatic rings. The fraction of sp³-hybridized carbons (Fsp3) is 0.700. The monoisotopic (exact) mass is 459 g/mol. The molecule has 0 spiro atoms. The second kappa shape index (κ2) is 12.7. The number of carbonyl (C=O) groups is 6. The van der Waals surface area contributed by atoms with Gasteiger partial charge in [0.05, 0.1) is 6.42 Å². The number of ether oxygens (including phenoxy) is 5. The highest BCUT2D eigenvalue weighted by Gasteiger charge is 2.52. The van der Waals surface area contributed by atoms with Crippen molar-refractivity contribution in [3.63, 3.8) is 0 Å². The first-order valence-electron chi connectivity index (χ1n) is 10.1. The fourth-order valence-corrected chi connectivity index (χ4v) is 3.10. The molecule has 1 rings (SSSR count). The van der Waals surface area contributed by atoms with Gasteiger partial charge >= 0.3 is 23.9 Å². The first kappa shape index (κ1) is 27.0. The lowest BCUT2D eigenvalue weighted by Crippen LogP contribution is -2.67. The van der Waals surface area contributed by atoms with E-state index in [4.69, 9.17) is 23.7 Å². The van der Waals surface area contributed by atoms with Gasteiger partial charge in [0.15, 0.2) is 12.2 Å². The predicted molar refractivity (Wildman–Crippen MR) is 105 cm³/mol. The van der Waals surface area contributed by atoms with E-state index in [0.29, 0.717) is 6.42 Å². The molecule has 1 N–H and O–H groups in total. The van der Waals surface area contributed by atoms with E-state index in [0.717, 1.165) is 27.7 Å². The van der Waals surface area contributed by atoms with E-state index in [1.54, 1.807) is 6.92 Å². The van der Waals surface area contributed by atoms with Crippen LogP contribution in [0.25, 0.3) is 0 Å². The summed E-state index contributed by atoms with van der Waals surface area (Å²) in [6, 6.07) is -1.32. The van der Waals surface area contributed by atoms with Crippen molar-refractivity contribution in [1.29, 1.82) is 0 Å². The Morgan fingerprint density at radius 2 is 1.38 bits per heavy atom. The van der Waals surface area contributed by atoms with Gasteiger partial charge in [0.2, 0.25) is 12.2 Å². The molecule has 0 aliphatic carbocycles. The van der Waals surface area contributed by atoms with E-state index in [-0.39, 0.29) is 12.2 Å². The molecule has 0 saturated carbocycles. The molecule has 1 aliphatic rings. The number of nitrogens with one attached hydrogen (secondary N) is 1. The molecular weight excluding hydrogens is 430 g/mol. The molecule has 0 aromatic carbocycles. The number of esters is 4. The minimum Gasteiger partial charge on any atom is -0.463 e. The zero-order valence-corrected chi connectivity index (χ0v) is 18.7. The summed E-state index contributed by atoms with van der Waals surface area (Å²) in [5.74, 6) is -4.05. The number of amides is 1. The Hall–Kier alpha value is -3.02. The Morgan fingerprint density at radius 3 is 1.88 bits per heavy atom. The number of hydrogen-bond acceptors (Lipinski definition) is 11. The fourth-order valence-electron chi connectivity index (χ4n) is 3.10. The van der Waals surface area contributed by atoms with Crippen LogP contribution < -0.4 is 5.32 Å². The molecule has 1 amide bonds. The van der Waals surface area contributed by atoms with Crippen LogP contribution in [0.2, 0.25) is 0 Å². The number of carbonyl (C=O) groups excluding carboxylic acids is 6. The van der Waals surface area contributed by atoms with Crippen LogP contribution >= 0.6 is 0 Å². The maximum atomic E-state index is 12.4. The highest BCUT2D eigenvalue weighted by molar-refractivity contribution is 5.98. The summed E-state index contributed by atoms with van der Waals surface area (Å²) in [6.45, 7) is 5.79. The van der Waals surface area contributed by atoms with Gasteiger partial charge in [-0.3, -0.25) is 28.8 Å². The summed E-state index contributed by atoms with van der Waals surface area (Å²) in [6.07, 6.45) is -5.09. The topological polar surface area (TPSA) is 161 Å². The lowest BCUT2D eigenvalue weighted by Gasteiger charge is -2.44. The van der Waals surface area contributed by atoms with Crippen LogP contribution in [0.5, 0.6) is 0 Å². The summed E-state index contributed by atoms with van der Waals surface area (Å²) in [7, 11) is 0. The third-order valence-corrected chi connectivity index (χ3v) is 4.20. The van der Waals surface area contributed by atoms with Gasteiger partial charge in [-0.2, -0.15) is 0 Å². The Morgan fingerprint density at radius 1 is 0.812 bits per heavy atom. The Labute approximate surface area is 185 Å². The van der Waals surface area contributed by atoms with Gasteiger partial charge in [-0.25, -0.2) is 0 Å². The van der Waals surface area contributed by atoms with Crippen molar-refractivity contribution in [2.75, 3.05) is 6.61 Å². The van der Waals surface area contributed by atoms with Crippen molar-refractivity contribution in [2.24, 2.45) is 0 Å². The van der Waals surface area contributed by atoms with Gasteiger partial charge in [0, 0.05) is 34.1 Å². The van der Waals surface area contributed by atoms with Crippen molar-refractivity contribution in [3.05, 3.63) is 0 Å². The third kappa shape index (κ3) is 9.00. The first-order valence-corrected chi connectivity index (χ1v) is 10.1. The third-order valence-electron chi connectivity index (χ3n) is 4.20. The van der Waals surface area contributed by atoms with E-state index >= 15 is 0 Å². The Bertz CT molecular complexity index is 735. The minimum absolute atomic E-state index is 0.190. The molecule has 32 heavy (non-hydrogen) atoms. The first-order chi connectivity index (χ1) is 14.9.